The number of ether oxygens (including phenoxy) is 2. The summed E-state index contributed by atoms with van der Waals surface area (Å²) >= 11 is 0. The third-order valence-electron chi connectivity index (χ3n) is 5.48. The Labute approximate surface area is 167 Å². The highest BCUT2D eigenvalue weighted by molar-refractivity contribution is 5.75. The molecule has 1 aliphatic carbocycles. The topological polar surface area (TPSA) is 67.9 Å². The fourth-order valence-corrected chi connectivity index (χ4v) is 4.13. The number of likely N-dealkylation sites (tertiary alicyclic amines) is 1. The quantitative estimate of drug-likeness (QED) is 0.757. The first-order valence-corrected chi connectivity index (χ1v) is 10.2. The summed E-state index contributed by atoms with van der Waals surface area (Å²) in [6, 6.07) is 10.2. The molecule has 0 bridgehead atoms. The zero-order valence-corrected chi connectivity index (χ0v) is 17.4. The van der Waals surface area contributed by atoms with E-state index in [9.17, 15) is 9.59 Å². The first-order chi connectivity index (χ1) is 13.2. The van der Waals surface area contributed by atoms with Crippen LogP contribution in [-0.4, -0.2) is 47.8 Å². The maximum Gasteiger partial charge on any atom is 0.408 e. The molecule has 0 unspecified atom stereocenters. The Morgan fingerprint density at radius 3 is 2.43 bits per heavy atom. The van der Waals surface area contributed by atoms with Gasteiger partial charge in [-0.3, -0.25) is 9.69 Å². The molecule has 154 valence electrons. The Balaban J connectivity index is 1.72. The van der Waals surface area contributed by atoms with Crippen LogP contribution in [0, 0.1) is 11.8 Å². The molecule has 0 aromatic heterocycles. The van der Waals surface area contributed by atoms with Crippen LogP contribution in [0.1, 0.15) is 46.1 Å². The fraction of sp³-hybridized carbons (Fsp3) is 0.636. The average molecular weight is 389 g/mol. The third kappa shape index (κ3) is 5.04. The SMILES string of the molecule is CCOC(=O)[C@@H]1CN(Cc2ccccc2)C[C@H]1C1(NC(=O)OC(C)(C)C)CC1. The van der Waals surface area contributed by atoms with Crippen LogP contribution >= 0.6 is 0 Å². The van der Waals surface area contributed by atoms with Gasteiger partial charge in [0.05, 0.1) is 12.5 Å². The normalized spacial score (nSPS) is 23.9. The molecule has 1 aliphatic heterocycles. The number of carbonyl (C=O) groups is 2. The van der Waals surface area contributed by atoms with Gasteiger partial charge in [0.15, 0.2) is 0 Å². The van der Waals surface area contributed by atoms with Crippen molar-refractivity contribution in [3.8, 4) is 0 Å². The molecule has 1 heterocycles. The van der Waals surface area contributed by atoms with Gasteiger partial charge in [-0.1, -0.05) is 30.3 Å². The smallest absolute Gasteiger partial charge is 0.408 e. The van der Waals surface area contributed by atoms with Crippen molar-refractivity contribution in [2.45, 2.75) is 58.2 Å². The summed E-state index contributed by atoms with van der Waals surface area (Å²) < 4.78 is 10.8. The second kappa shape index (κ2) is 8.11. The minimum atomic E-state index is -0.546. The van der Waals surface area contributed by atoms with Gasteiger partial charge in [0.1, 0.15) is 5.60 Å². The van der Waals surface area contributed by atoms with Gasteiger partial charge in [-0.25, -0.2) is 4.79 Å². The molecule has 6 nitrogen and oxygen atoms in total. The van der Waals surface area contributed by atoms with Gasteiger partial charge in [0, 0.05) is 31.1 Å². The van der Waals surface area contributed by atoms with Crippen molar-refractivity contribution >= 4 is 12.1 Å². The lowest BCUT2D eigenvalue weighted by atomic mass is 9.87. The van der Waals surface area contributed by atoms with Crippen LogP contribution in [0.2, 0.25) is 0 Å². The summed E-state index contributed by atoms with van der Waals surface area (Å²) in [5.41, 5.74) is 0.302. The Bertz CT molecular complexity index is 694. The highest BCUT2D eigenvalue weighted by Crippen LogP contribution is 2.49. The number of hydrogen-bond donors (Lipinski definition) is 1. The highest BCUT2D eigenvalue weighted by atomic mass is 16.6. The van der Waals surface area contributed by atoms with E-state index in [1.807, 2.05) is 45.9 Å². The van der Waals surface area contributed by atoms with E-state index in [2.05, 4.69) is 22.3 Å². The highest BCUT2D eigenvalue weighted by Gasteiger charge is 2.58. The molecule has 1 amide bonds. The molecule has 1 N–H and O–H groups in total. The van der Waals surface area contributed by atoms with E-state index in [0.29, 0.717) is 13.2 Å². The van der Waals surface area contributed by atoms with Crippen LogP contribution in [0.15, 0.2) is 30.3 Å². The molecule has 28 heavy (non-hydrogen) atoms. The van der Waals surface area contributed by atoms with E-state index >= 15 is 0 Å². The number of hydrogen-bond acceptors (Lipinski definition) is 5. The first-order valence-electron chi connectivity index (χ1n) is 10.2. The van der Waals surface area contributed by atoms with Crippen molar-refractivity contribution in [1.29, 1.82) is 0 Å². The molecule has 1 aromatic rings. The van der Waals surface area contributed by atoms with Crippen molar-refractivity contribution < 1.29 is 19.1 Å². The number of alkyl carbamates (subject to hydrolysis) is 1. The molecule has 3 rings (SSSR count). The van der Waals surface area contributed by atoms with E-state index < -0.39 is 11.7 Å². The number of benzene rings is 1. The molecule has 1 aromatic carbocycles. The van der Waals surface area contributed by atoms with Gasteiger partial charge in [0.25, 0.3) is 0 Å². The Morgan fingerprint density at radius 1 is 1.18 bits per heavy atom. The Hall–Kier alpha value is -2.08. The van der Waals surface area contributed by atoms with Crippen LogP contribution in [0.5, 0.6) is 0 Å². The van der Waals surface area contributed by atoms with Crippen LogP contribution in [-0.2, 0) is 20.8 Å². The van der Waals surface area contributed by atoms with E-state index in [0.717, 1.165) is 25.9 Å². The lowest BCUT2D eigenvalue weighted by Gasteiger charge is -2.29. The molecular formula is C22H32N2O4. The van der Waals surface area contributed by atoms with Crippen molar-refractivity contribution in [1.82, 2.24) is 10.2 Å². The van der Waals surface area contributed by atoms with Gasteiger partial charge in [-0.05, 0) is 46.1 Å². The molecule has 2 aliphatic rings. The lowest BCUT2D eigenvalue weighted by Crippen LogP contribution is -2.48. The molecule has 1 saturated heterocycles. The van der Waals surface area contributed by atoms with Crippen LogP contribution in [0.4, 0.5) is 4.79 Å². The maximum atomic E-state index is 12.6. The van der Waals surface area contributed by atoms with Crippen molar-refractivity contribution in [2.24, 2.45) is 11.8 Å². The summed E-state index contributed by atoms with van der Waals surface area (Å²) in [7, 11) is 0. The molecule has 1 saturated carbocycles. The van der Waals surface area contributed by atoms with Gasteiger partial charge in [0.2, 0.25) is 0 Å². The Morgan fingerprint density at radius 2 is 1.86 bits per heavy atom. The van der Waals surface area contributed by atoms with E-state index in [4.69, 9.17) is 9.47 Å². The average Bonchev–Trinajstić information content (AvgIpc) is 3.24. The third-order valence-corrected chi connectivity index (χ3v) is 5.48. The van der Waals surface area contributed by atoms with Gasteiger partial charge in [-0.2, -0.15) is 0 Å². The predicted molar refractivity (Wildman–Crippen MR) is 107 cm³/mol. The standard InChI is InChI=1S/C22H32N2O4/c1-5-27-19(25)17-14-24(13-16-9-7-6-8-10-16)15-18(17)22(11-12-22)23-20(26)28-21(2,3)4/h6-10,17-18H,5,11-15H2,1-4H3,(H,23,26)/t17-,18-/m1/s1. The molecule has 2 atom stereocenters. The van der Waals surface area contributed by atoms with E-state index in [1.54, 1.807) is 0 Å². The van der Waals surface area contributed by atoms with Gasteiger partial charge >= 0.3 is 12.1 Å². The number of nitrogens with one attached hydrogen (secondary N) is 1. The minimum Gasteiger partial charge on any atom is -0.466 e. The second-order valence-corrected chi connectivity index (χ2v) is 8.93. The second-order valence-electron chi connectivity index (χ2n) is 8.93. The molecule has 6 heteroatoms. The molecular weight excluding hydrogens is 356 g/mol. The molecule has 2 fully saturated rings. The minimum absolute atomic E-state index is 0.0304. The lowest BCUT2D eigenvalue weighted by molar-refractivity contribution is -0.149. The van der Waals surface area contributed by atoms with E-state index in [-0.39, 0.29) is 23.3 Å². The fourth-order valence-electron chi connectivity index (χ4n) is 4.13. The number of carbonyl (C=O) groups excluding carboxylic acids is 2. The largest absolute Gasteiger partial charge is 0.466 e. The zero-order valence-electron chi connectivity index (χ0n) is 17.4. The summed E-state index contributed by atoms with van der Waals surface area (Å²) in [4.78, 5) is 27.3. The number of esters is 1. The summed E-state index contributed by atoms with van der Waals surface area (Å²) in [6.45, 7) is 9.95. The monoisotopic (exact) mass is 388 g/mol. The van der Waals surface area contributed by atoms with Crippen LogP contribution in [0.25, 0.3) is 0 Å². The number of nitrogens with zero attached hydrogens (tertiary/aromatic N) is 1. The van der Waals surface area contributed by atoms with Crippen molar-refractivity contribution in [3.05, 3.63) is 35.9 Å². The predicted octanol–water partition coefficient (Wildman–Crippen LogP) is 3.36. The van der Waals surface area contributed by atoms with Gasteiger partial charge < -0.3 is 14.8 Å². The molecule has 0 spiro atoms. The molecule has 0 radical (unpaired) electrons. The summed E-state index contributed by atoms with van der Waals surface area (Å²) in [6.07, 6.45) is 1.33. The van der Waals surface area contributed by atoms with Crippen molar-refractivity contribution in [3.63, 3.8) is 0 Å². The van der Waals surface area contributed by atoms with Crippen LogP contribution in [0.3, 0.4) is 0 Å². The first kappa shape index (κ1) is 20.6. The number of amides is 1. The van der Waals surface area contributed by atoms with E-state index in [1.165, 1.54) is 5.56 Å². The van der Waals surface area contributed by atoms with Crippen LogP contribution < -0.4 is 5.32 Å². The summed E-state index contributed by atoms with van der Waals surface area (Å²) in [5.74, 6) is -0.371. The zero-order chi connectivity index (χ0) is 20.4. The summed E-state index contributed by atoms with van der Waals surface area (Å²) in [5, 5.41) is 3.08. The van der Waals surface area contributed by atoms with Gasteiger partial charge in [-0.15, -0.1) is 0 Å². The van der Waals surface area contributed by atoms with Crippen molar-refractivity contribution in [2.75, 3.05) is 19.7 Å². The maximum absolute atomic E-state index is 12.6. The Kier molecular flexibility index (Phi) is 5.98. The number of rotatable bonds is 6.